The molecule has 1 amide bonds. The number of hydrogen-bond acceptors (Lipinski definition) is 5. The van der Waals surface area contributed by atoms with Gasteiger partial charge in [-0.25, -0.2) is 23.3 Å². The highest BCUT2D eigenvalue weighted by molar-refractivity contribution is 6.31. The van der Waals surface area contributed by atoms with Crippen LogP contribution in [-0.2, 0) is 6.18 Å². The summed E-state index contributed by atoms with van der Waals surface area (Å²) in [5.41, 5.74) is 1.21. The van der Waals surface area contributed by atoms with Crippen LogP contribution in [0.1, 0.15) is 15.9 Å². The molecule has 0 bridgehead atoms. The number of rotatable bonds is 6. The van der Waals surface area contributed by atoms with E-state index in [-0.39, 0.29) is 17.3 Å². The third-order valence-corrected chi connectivity index (χ3v) is 6.89. The van der Waals surface area contributed by atoms with E-state index in [1.165, 1.54) is 12.3 Å². The van der Waals surface area contributed by atoms with Gasteiger partial charge in [0.2, 0.25) is 5.95 Å². The largest absolute Gasteiger partial charge is 0.417 e. The lowest BCUT2D eigenvalue weighted by Gasteiger charge is -2.12. The lowest BCUT2D eigenvalue weighted by atomic mass is 10.0. The van der Waals surface area contributed by atoms with E-state index in [4.69, 9.17) is 16.7 Å². The Labute approximate surface area is 251 Å². The fourth-order valence-electron chi connectivity index (χ4n) is 4.61. The molecule has 220 valence electrons. The number of halogens is 6. The van der Waals surface area contributed by atoms with Gasteiger partial charge in [0.05, 0.1) is 27.4 Å². The van der Waals surface area contributed by atoms with Gasteiger partial charge in [-0.05, 0) is 60.7 Å². The zero-order valence-corrected chi connectivity index (χ0v) is 23.0. The Morgan fingerprint density at radius 1 is 0.864 bits per heavy atom. The predicted octanol–water partition coefficient (Wildman–Crippen LogP) is 8.40. The van der Waals surface area contributed by atoms with Crippen molar-refractivity contribution in [2.45, 2.75) is 6.18 Å². The van der Waals surface area contributed by atoms with E-state index in [9.17, 15) is 26.7 Å². The molecule has 2 N–H and O–H groups in total. The first-order chi connectivity index (χ1) is 21.1. The summed E-state index contributed by atoms with van der Waals surface area (Å²) >= 11 is 5.75. The van der Waals surface area contributed by atoms with Gasteiger partial charge in [0, 0.05) is 29.3 Å². The zero-order chi connectivity index (χ0) is 31.0. The van der Waals surface area contributed by atoms with Gasteiger partial charge in [-0.3, -0.25) is 4.79 Å². The second-order valence-corrected chi connectivity index (χ2v) is 9.88. The second kappa shape index (κ2) is 11.4. The number of hydrogen-bond donors (Lipinski definition) is 2. The van der Waals surface area contributed by atoms with Crippen molar-refractivity contribution in [2.24, 2.45) is 0 Å². The summed E-state index contributed by atoms with van der Waals surface area (Å²) in [6.07, 6.45) is -1.48. The van der Waals surface area contributed by atoms with Crippen LogP contribution in [0.15, 0.2) is 97.3 Å². The Balaban J connectivity index is 1.38. The molecule has 3 aromatic carbocycles. The van der Waals surface area contributed by atoms with Gasteiger partial charge in [0.1, 0.15) is 22.9 Å². The first kappa shape index (κ1) is 28.7. The zero-order valence-electron chi connectivity index (χ0n) is 22.2. The number of anilines is 3. The number of fused-ring (bicyclic) bond motifs is 1. The van der Waals surface area contributed by atoms with Crippen LogP contribution >= 0.6 is 11.6 Å². The molecule has 7 nitrogen and oxygen atoms in total. The summed E-state index contributed by atoms with van der Waals surface area (Å²) < 4.78 is 70.1. The van der Waals surface area contributed by atoms with Crippen molar-refractivity contribution in [3.63, 3.8) is 0 Å². The van der Waals surface area contributed by atoms with Gasteiger partial charge < -0.3 is 10.6 Å². The second-order valence-electron chi connectivity index (χ2n) is 9.47. The number of aromatic nitrogens is 4. The Morgan fingerprint density at radius 3 is 2.41 bits per heavy atom. The fraction of sp³-hybridized carbons (Fsp3) is 0.0323. The molecule has 0 unspecified atom stereocenters. The molecule has 0 saturated carbocycles. The third-order valence-electron chi connectivity index (χ3n) is 6.56. The Kier molecular flexibility index (Phi) is 7.43. The summed E-state index contributed by atoms with van der Waals surface area (Å²) in [4.78, 5) is 21.4. The van der Waals surface area contributed by atoms with Crippen molar-refractivity contribution >= 4 is 40.3 Å². The van der Waals surface area contributed by atoms with Crippen LogP contribution in [-0.4, -0.2) is 25.5 Å². The van der Waals surface area contributed by atoms with Crippen LogP contribution in [0.3, 0.4) is 0 Å². The molecule has 44 heavy (non-hydrogen) atoms. The van der Waals surface area contributed by atoms with Crippen molar-refractivity contribution in [1.82, 2.24) is 19.6 Å². The standard InChI is InChI=1S/C31H18ClF5N6O/c32-21-11-10-19(16-20(21)31(35,36)37)40-30-38-13-12-24(41-30)27-25-9-1-2-14-43(25)42-28(27)17-5-3-6-18(15-17)39-29(44)26-22(33)7-4-8-23(26)34/h1-16H,(H,39,44)(H,38,40,41). The van der Waals surface area contributed by atoms with Crippen molar-refractivity contribution in [3.8, 4) is 22.5 Å². The number of carbonyl (C=O) groups is 1. The number of alkyl halides is 3. The Morgan fingerprint density at radius 2 is 1.64 bits per heavy atom. The Hall–Kier alpha value is -5.36. The molecule has 6 rings (SSSR count). The van der Waals surface area contributed by atoms with Crippen LogP contribution in [0, 0.1) is 11.6 Å². The quantitative estimate of drug-likeness (QED) is 0.183. The molecule has 0 saturated heterocycles. The lowest BCUT2D eigenvalue weighted by molar-refractivity contribution is -0.137. The van der Waals surface area contributed by atoms with Crippen LogP contribution in [0.4, 0.5) is 39.3 Å². The summed E-state index contributed by atoms with van der Waals surface area (Å²) in [5.74, 6) is -2.94. The summed E-state index contributed by atoms with van der Waals surface area (Å²) in [7, 11) is 0. The van der Waals surface area contributed by atoms with Crippen LogP contribution in [0.25, 0.3) is 28.0 Å². The maximum atomic E-state index is 14.2. The van der Waals surface area contributed by atoms with Crippen LogP contribution in [0.5, 0.6) is 0 Å². The van der Waals surface area contributed by atoms with E-state index in [1.807, 2.05) is 6.07 Å². The minimum Gasteiger partial charge on any atom is -0.324 e. The number of nitrogens with zero attached hydrogens (tertiary/aromatic N) is 4. The molecule has 3 aromatic heterocycles. The molecule has 0 radical (unpaired) electrons. The van der Waals surface area contributed by atoms with E-state index in [1.54, 1.807) is 53.2 Å². The summed E-state index contributed by atoms with van der Waals surface area (Å²) in [6.45, 7) is 0. The Bertz CT molecular complexity index is 2020. The van der Waals surface area contributed by atoms with Crippen LogP contribution in [0.2, 0.25) is 5.02 Å². The van der Waals surface area contributed by atoms with Gasteiger partial charge >= 0.3 is 6.18 Å². The fourth-order valence-corrected chi connectivity index (χ4v) is 4.84. The average molecular weight is 621 g/mol. The summed E-state index contributed by atoms with van der Waals surface area (Å²) in [5, 5.41) is 9.56. The number of benzene rings is 3. The molecule has 6 aromatic rings. The van der Waals surface area contributed by atoms with Gasteiger partial charge in [0.25, 0.3) is 5.91 Å². The molecule has 0 aliphatic carbocycles. The number of pyridine rings is 1. The van der Waals surface area contributed by atoms with E-state index in [2.05, 4.69) is 20.6 Å². The summed E-state index contributed by atoms with van der Waals surface area (Å²) in [6, 6.07) is 20.1. The maximum absolute atomic E-state index is 14.2. The highest BCUT2D eigenvalue weighted by atomic mass is 35.5. The minimum atomic E-state index is -4.65. The topological polar surface area (TPSA) is 84.2 Å². The van der Waals surface area contributed by atoms with E-state index in [0.29, 0.717) is 28.0 Å². The van der Waals surface area contributed by atoms with Crippen LogP contribution < -0.4 is 10.6 Å². The van der Waals surface area contributed by atoms with Gasteiger partial charge in [-0.2, -0.15) is 18.3 Å². The molecular weight excluding hydrogens is 603 g/mol. The van der Waals surface area contributed by atoms with Crippen molar-refractivity contribution in [1.29, 1.82) is 0 Å². The molecule has 3 heterocycles. The molecule has 0 aliphatic heterocycles. The monoisotopic (exact) mass is 620 g/mol. The first-order valence-electron chi connectivity index (χ1n) is 12.9. The minimum absolute atomic E-state index is 0.0205. The maximum Gasteiger partial charge on any atom is 0.417 e. The van der Waals surface area contributed by atoms with Gasteiger partial charge in [0.15, 0.2) is 0 Å². The molecule has 0 atom stereocenters. The van der Waals surface area contributed by atoms with E-state index < -0.39 is 39.9 Å². The molecule has 0 spiro atoms. The smallest absolute Gasteiger partial charge is 0.324 e. The highest BCUT2D eigenvalue weighted by Crippen LogP contribution is 2.38. The van der Waals surface area contributed by atoms with Gasteiger partial charge in [-0.15, -0.1) is 0 Å². The number of amides is 1. The van der Waals surface area contributed by atoms with E-state index >= 15 is 0 Å². The van der Waals surface area contributed by atoms with Crippen molar-refractivity contribution in [3.05, 3.63) is 125 Å². The molecule has 0 fully saturated rings. The SMILES string of the molecule is O=C(Nc1cccc(-c2nn3ccccc3c2-c2ccnc(Nc3ccc(Cl)c(C(F)(F)F)c3)n2)c1)c1c(F)cccc1F. The predicted molar refractivity (Wildman–Crippen MR) is 156 cm³/mol. The molecular formula is C31H18ClF5N6O. The molecule has 0 aliphatic rings. The van der Waals surface area contributed by atoms with Crippen molar-refractivity contribution in [2.75, 3.05) is 10.6 Å². The number of carbonyl (C=O) groups excluding carboxylic acids is 1. The van der Waals surface area contributed by atoms with Gasteiger partial charge in [-0.1, -0.05) is 35.9 Å². The normalized spacial score (nSPS) is 11.5. The number of nitrogens with one attached hydrogen (secondary N) is 2. The third kappa shape index (κ3) is 5.66. The van der Waals surface area contributed by atoms with E-state index in [0.717, 1.165) is 30.3 Å². The highest BCUT2D eigenvalue weighted by Gasteiger charge is 2.33. The molecule has 13 heteroatoms. The first-order valence-corrected chi connectivity index (χ1v) is 13.3. The van der Waals surface area contributed by atoms with Crippen molar-refractivity contribution < 1.29 is 26.7 Å². The average Bonchev–Trinajstić information content (AvgIpc) is 3.38. The lowest BCUT2D eigenvalue weighted by Crippen LogP contribution is -2.15.